The first kappa shape index (κ1) is 15.1. The molecule has 0 amide bonds. The van der Waals surface area contributed by atoms with E-state index in [0.29, 0.717) is 6.54 Å². The summed E-state index contributed by atoms with van der Waals surface area (Å²) in [6, 6.07) is 11.8. The zero-order valence-electron chi connectivity index (χ0n) is 12.0. The maximum atomic E-state index is 6.02. The molecule has 0 bridgehead atoms. The van der Waals surface area contributed by atoms with E-state index < -0.39 is 0 Å². The van der Waals surface area contributed by atoms with Crippen LogP contribution in [0.25, 0.3) is 0 Å². The molecular weight excluding hydrogens is 272 g/mol. The minimum absolute atomic E-state index is 0.124. The van der Waals surface area contributed by atoms with Gasteiger partial charge in [-0.2, -0.15) is 0 Å². The third kappa shape index (κ3) is 3.63. The van der Waals surface area contributed by atoms with Gasteiger partial charge < -0.3 is 10.2 Å². The van der Waals surface area contributed by atoms with Gasteiger partial charge in [0.05, 0.1) is 12.8 Å². The van der Waals surface area contributed by atoms with E-state index in [1.54, 1.807) is 6.26 Å². The molecule has 108 valence electrons. The fourth-order valence-electron chi connectivity index (χ4n) is 2.23. The van der Waals surface area contributed by atoms with E-state index in [0.717, 1.165) is 23.7 Å². The van der Waals surface area contributed by atoms with E-state index in [2.05, 4.69) is 31.0 Å². The van der Waals surface area contributed by atoms with Gasteiger partial charge in [0, 0.05) is 17.1 Å². The number of hydrogen-bond acceptors (Lipinski definition) is 3. The van der Waals surface area contributed by atoms with Crippen molar-refractivity contribution >= 4 is 11.6 Å². The van der Waals surface area contributed by atoms with Gasteiger partial charge in [-0.15, -0.1) is 0 Å². The molecule has 2 N–H and O–H groups in total. The molecule has 0 spiro atoms. The van der Waals surface area contributed by atoms with E-state index >= 15 is 0 Å². The van der Waals surface area contributed by atoms with Crippen molar-refractivity contribution in [2.24, 2.45) is 5.73 Å². The Morgan fingerprint density at radius 3 is 2.50 bits per heavy atom. The van der Waals surface area contributed by atoms with Crippen molar-refractivity contribution in [1.82, 2.24) is 4.90 Å². The quantitative estimate of drug-likeness (QED) is 0.888. The highest BCUT2D eigenvalue weighted by molar-refractivity contribution is 6.30. The zero-order chi connectivity index (χ0) is 14.6. The second-order valence-corrected chi connectivity index (χ2v) is 5.88. The second kappa shape index (κ2) is 6.44. The van der Waals surface area contributed by atoms with E-state index in [9.17, 15) is 0 Å². The number of nitrogens with two attached hydrogens (primary N) is 1. The van der Waals surface area contributed by atoms with Crippen molar-refractivity contribution in [3.05, 3.63) is 59.0 Å². The molecule has 0 aliphatic heterocycles. The normalized spacial score (nSPS) is 14.4. The Balaban J connectivity index is 2.09. The third-order valence-electron chi connectivity index (χ3n) is 3.83. The summed E-state index contributed by atoms with van der Waals surface area (Å²) in [5.74, 6) is 0.947. The number of halogens is 1. The van der Waals surface area contributed by atoms with Crippen LogP contribution in [0.3, 0.4) is 0 Å². The fraction of sp³-hybridized carbons (Fsp3) is 0.375. The van der Waals surface area contributed by atoms with Gasteiger partial charge in [0.2, 0.25) is 0 Å². The van der Waals surface area contributed by atoms with Crippen molar-refractivity contribution in [2.75, 3.05) is 13.6 Å². The van der Waals surface area contributed by atoms with Crippen molar-refractivity contribution < 1.29 is 4.42 Å². The molecule has 1 atom stereocenters. The second-order valence-electron chi connectivity index (χ2n) is 5.44. The Morgan fingerprint density at radius 1 is 1.25 bits per heavy atom. The molecule has 2 aromatic rings. The summed E-state index contributed by atoms with van der Waals surface area (Å²) in [7, 11) is 2.07. The lowest BCUT2D eigenvalue weighted by Crippen LogP contribution is -2.50. The summed E-state index contributed by atoms with van der Waals surface area (Å²) in [6.07, 6.45) is 2.57. The Bertz CT molecular complexity index is 524. The molecule has 1 aromatic carbocycles. The van der Waals surface area contributed by atoms with Crippen molar-refractivity contribution in [1.29, 1.82) is 0 Å². The van der Waals surface area contributed by atoms with Crippen LogP contribution >= 0.6 is 11.6 Å². The van der Waals surface area contributed by atoms with E-state index in [1.807, 2.05) is 24.3 Å². The predicted molar refractivity (Wildman–Crippen MR) is 82.8 cm³/mol. The number of nitrogens with zero attached hydrogens (tertiary/aromatic N) is 1. The first-order valence-corrected chi connectivity index (χ1v) is 7.09. The molecule has 20 heavy (non-hydrogen) atoms. The molecule has 1 unspecified atom stereocenters. The molecular formula is C16H21ClN2O. The molecule has 0 saturated heterocycles. The van der Waals surface area contributed by atoms with Gasteiger partial charge in [0.15, 0.2) is 0 Å². The Morgan fingerprint density at radius 2 is 1.95 bits per heavy atom. The summed E-state index contributed by atoms with van der Waals surface area (Å²) < 4.78 is 5.41. The zero-order valence-corrected chi connectivity index (χ0v) is 12.7. The molecule has 0 aliphatic rings. The van der Waals surface area contributed by atoms with Gasteiger partial charge in [-0.3, -0.25) is 4.90 Å². The maximum absolute atomic E-state index is 6.02. The van der Waals surface area contributed by atoms with Crippen molar-refractivity contribution in [2.45, 2.75) is 25.4 Å². The molecule has 4 heteroatoms. The standard InChI is InChI=1S/C16H21ClN2O/c1-16(12-18,10-13-5-7-14(17)8-6-13)19(2)11-15-4-3-9-20-15/h3-9H,10-12,18H2,1-2H3. The molecule has 0 fully saturated rings. The molecule has 1 aromatic heterocycles. The van der Waals surface area contributed by atoms with Crippen LogP contribution in [0.5, 0.6) is 0 Å². The summed E-state index contributed by atoms with van der Waals surface area (Å²) in [5, 5.41) is 0.757. The van der Waals surface area contributed by atoms with Crippen LogP contribution in [0.15, 0.2) is 47.1 Å². The Hall–Kier alpha value is -1.29. The summed E-state index contributed by atoms with van der Waals surface area (Å²) in [4.78, 5) is 2.24. The molecule has 1 heterocycles. The number of rotatable bonds is 6. The first-order valence-electron chi connectivity index (χ1n) is 6.72. The Kier molecular flexibility index (Phi) is 4.86. The number of likely N-dealkylation sites (N-methyl/N-ethyl adjacent to an activating group) is 1. The minimum Gasteiger partial charge on any atom is -0.468 e. The smallest absolute Gasteiger partial charge is 0.117 e. The first-order chi connectivity index (χ1) is 9.53. The molecule has 0 radical (unpaired) electrons. The molecule has 0 saturated carbocycles. The van der Waals surface area contributed by atoms with E-state index in [-0.39, 0.29) is 5.54 Å². The SMILES string of the molecule is CN(Cc1ccco1)C(C)(CN)Cc1ccc(Cl)cc1. The highest BCUT2D eigenvalue weighted by Gasteiger charge is 2.28. The fourth-order valence-corrected chi connectivity index (χ4v) is 2.36. The van der Waals surface area contributed by atoms with Crippen LogP contribution in [-0.4, -0.2) is 24.0 Å². The average molecular weight is 293 g/mol. The van der Waals surface area contributed by atoms with Gasteiger partial charge in [0.1, 0.15) is 5.76 Å². The molecule has 3 nitrogen and oxygen atoms in total. The average Bonchev–Trinajstić information content (AvgIpc) is 2.94. The number of hydrogen-bond donors (Lipinski definition) is 1. The van der Waals surface area contributed by atoms with Gasteiger partial charge in [0.25, 0.3) is 0 Å². The summed E-state index contributed by atoms with van der Waals surface area (Å²) in [6.45, 7) is 3.49. The topological polar surface area (TPSA) is 42.4 Å². The Labute approximate surface area is 125 Å². The minimum atomic E-state index is -0.124. The van der Waals surface area contributed by atoms with E-state index in [4.69, 9.17) is 21.8 Å². The number of benzene rings is 1. The number of furan rings is 1. The molecule has 0 aliphatic carbocycles. The lowest BCUT2D eigenvalue weighted by Gasteiger charge is -2.38. The van der Waals surface area contributed by atoms with Crippen LogP contribution < -0.4 is 5.73 Å². The van der Waals surface area contributed by atoms with Crippen molar-refractivity contribution in [3.63, 3.8) is 0 Å². The van der Waals surface area contributed by atoms with Gasteiger partial charge in [-0.25, -0.2) is 0 Å². The van der Waals surface area contributed by atoms with Crippen LogP contribution in [0.2, 0.25) is 5.02 Å². The summed E-state index contributed by atoms with van der Waals surface area (Å²) >= 11 is 5.93. The van der Waals surface area contributed by atoms with Gasteiger partial charge in [-0.05, 0) is 50.2 Å². The maximum Gasteiger partial charge on any atom is 0.117 e. The van der Waals surface area contributed by atoms with Gasteiger partial charge >= 0.3 is 0 Å². The summed E-state index contributed by atoms with van der Waals surface area (Å²) in [5.41, 5.74) is 7.12. The van der Waals surface area contributed by atoms with Crippen LogP contribution in [-0.2, 0) is 13.0 Å². The highest BCUT2D eigenvalue weighted by atomic mass is 35.5. The highest BCUT2D eigenvalue weighted by Crippen LogP contribution is 2.22. The largest absolute Gasteiger partial charge is 0.468 e. The van der Waals surface area contributed by atoms with Crippen LogP contribution in [0.4, 0.5) is 0 Å². The van der Waals surface area contributed by atoms with Crippen LogP contribution in [0, 0.1) is 0 Å². The van der Waals surface area contributed by atoms with E-state index in [1.165, 1.54) is 5.56 Å². The van der Waals surface area contributed by atoms with Gasteiger partial charge in [-0.1, -0.05) is 23.7 Å². The van der Waals surface area contributed by atoms with Crippen molar-refractivity contribution in [3.8, 4) is 0 Å². The molecule has 2 rings (SSSR count). The lowest BCUT2D eigenvalue weighted by atomic mass is 9.91. The van der Waals surface area contributed by atoms with Crippen LogP contribution in [0.1, 0.15) is 18.2 Å². The lowest BCUT2D eigenvalue weighted by molar-refractivity contribution is 0.126. The predicted octanol–water partition coefficient (Wildman–Crippen LogP) is 3.32. The third-order valence-corrected chi connectivity index (χ3v) is 4.08. The monoisotopic (exact) mass is 292 g/mol.